The van der Waals surface area contributed by atoms with Crippen molar-refractivity contribution in [2.45, 2.75) is 38.0 Å². The summed E-state index contributed by atoms with van der Waals surface area (Å²) < 4.78 is 8.27. The second-order valence-corrected chi connectivity index (χ2v) is 8.22. The number of aryl methyl sites for hydroxylation is 1. The van der Waals surface area contributed by atoms with E-state index in [0.717, 1.165) is 35.9 Å². The first kappa shape index (κ1) is 17.6. The number of hydrogen-bond acceptors (Lipinski definition) is 6. The number of fused-ring (bicyclic) bond motifs is 1. The Labute approximate surface area is 157 Å². The molecular weight excluding hydrogens is 350 g/mol. The van der Waals surface area contributed by atoms with E-state index >= 15 is 0 Å². The Morgan fingerprint density at radius 2 is 2.19 bits per heavy atom. The smallest absolute Gasteiger partial charge is 0.224 e. The standard InChI is InChI=1S/C18H25N5O2S/c1-12-17(26-11-20-12)18-19-4-5-23(18)13-6-14-10-25-15(9-22(14)8-13)7-16(24)21(2)3/h4-5,11,13-15H,6-10H2,1-3H3/t13-,14+,15+/m1/s1. The van der Waals surface area contributed by atoms with E-state index in [2.05, 4.69) is 25.6 Å². The van der Waals surface area contributed by atoms with Crippen LogP contribution in [0.1, 0.15) is 24.6 Å². The number of thiazole rings is 1. The summed E-state index contributed by atoms with van der Waals surface area (Å²) in [5, 5.41) is 0. The molecule has 0 bridgehead atoms. The molecule has 2 aliphatic heterocycles. The minimum absolute atomic E-state index is 0.00843. The van der Waals surface area contributed by atoms with Gasteiger partial charge in [-0.2, -0.15) is 0 Å². The Hall–Kier alpha value is -1.77. The molecule has 4 rings (SSSR count). The van der Waals surface area contributed by atoms with E-state index in [1.165, 1.54) is 0 Å². The van der Waals surface area contributed by atoms with Gasteiger partial charge in [0.2, 0.25) is 5.91 Å². The lowest BCUT2D eigenvalue weighted by Gasteiger charge is -2.35. The predicted molar refractivity (Wildman–Crippen MR) is 100 cm³/mol. The molecule has 2 aromatic heterocycles. The van der Waals surface area contributed by atoms with Gasteiger partial charge in [-0.05, 0) is 13.3 Å². The Kier molecular flexibility index (Phi) is 4.81. The molecule has 1 amide bonds. The molecule has 4 heterocycles. The molecule has 7 nitrogen and oxygen atoms in total. The van der Waals surface area contributed by atoms with Crippen molar-refractivity contribution in [3.63, 3.8) is 0 Å². The summed E-state index contributed by atoms with van der Waals surface area (Å²) >= 11 is 1.64. The van der Waals surface area contributed by atoms with Crippen LogP contribution >= 0.6 is 11.3 Å². The molecule has 0 aliphatic carbocycles. The van der Waals surface area contributed by atoms with Gasteiger partial charge in [-0.25, -0.2) is 9.97 Å². The maximum Gasteiger partial charge on any atom is 0.224 e. The van der Waals surface area contributed by atoms with Gasteiger partial charge >= 0.3 is 0 Å². The second kappa shape index (κ2) is 7.09. The molecular formula is C18H25N5O2S. The van der Waals surface area contributed by atoms with E-state index in [1.807, 2.05) is 18.6 Å². The van der Waals surface area contributed by atoms with Crippen LogP contribution in [-0.2, 0) is 9.53 Å². The van der Waals surface area contributed by atoms with E-state index in [1.54, 1.807) is 30.3 Å². The highest BCUT2D eigenvalue weighted by molar-refractivity contribution is 7.13. The van der Waals surface area contributed by atoms with Crippen LogP contribution in [0.4, 0.5) is 0 Å². The van der Waals surface area contributed by atoms with Crippen LogP contribution in [0.2, 0.25) is 0 Å². The van der Waals surface area contributed by atoms with Crippen molar-refractivity contribution in [1.29, 1.82) is 0 Å². The zero-order chi connectivity index (χ0) is 18.3. The van der Waals surface area contributed by atoms with E-state index in [4.69, 9.17) is 4.74 Å². The minimum atomic E-state index is -0.00843. The van der Waals surface area contributed by atoms with Crippen LogP contribution in [-0.4, -0.2) is 76.2 Å². The largest absolute Gasteiger partial charge is 0.375 e. The molecule has 3 atom stereocenters. The molecule has 0 radical (unpaired) electrons. The first-order valence-corrected chi connectivity index (χ1v) is 9.90. The molecule has 2 fully saturated rings. The average Bonchev–Trinajstić information content (AvgIpc) is 3.31. The third kappa shape index (κ3) is 3.28. The molecule has 0 aromatic carbocycles. The van der Waals surface area contributed by atoms with Crippen LogP contribution in [0.15, 0.2) is 17.9 Å². The number of imidazole rings is 1. The summed E-state index contributed by atoms with van der Waals surface area (Å²) in [6, 6.07) is 0.800. The Bertz CT molecular complexity index is 786. The second-order valence-electron chi connectivity index (χ2n) is 7.37. The van der Waals surface area contributed by atoms with Gasteiger partial charge in [0.05, 0.1) is 35.2 Å². The fraction of sp³-hybridized carbons (Fsp3) is 0.611. The van der Waals surface area contributed by atoms with Gasteiger partial charge in [0, 0.05) is 51.7 Å². The van der Waals surface area contributed by atoms with Crippen LogP contribution in [0, 0.1) is 6.92 Å². The van der Waals surface area contributed by atoms with Gasteiger partial charge in [-0.15, -0.1) is 11.3 Å². The zero-order valence-corrected chi connectivity index (χ0v) is 16.3. The van der Waals surface area contributed by atoms with Crippen molar-refractivity contribution in [1.82, 2.24) is 24.3 Å². The fourth-order valence-electron chi connectivity index (χ4n) is 3.92. The first-order chi connectivity index (χ1) is 12.5. The van der Waals surface area contributed by atoms with Gasteiger partial charge in [-0.1, -0.05) is 0 Å². The van der Waals surface area contributed by atoms with Crippen molar-refractivity contribution in [2.24, 2.45) is 0 Å². The molecule has 0 N–H and O–H groups in total. The molecule has 0 unspecified atom stereocenters. The number of morpholine rings is 1. The number of aromatic nitrogens is 3. The lowest BCUT2D eigenvalue weighted by atomic mass is 10.1. The molecule has 26 heavy (non-hydrogen) atoms. The molecule has 2 saturated heterocycles. The van der Waals surface area contributed by atoms with Crippen molar-refractivity contribution >= 4 is 17.2 Å². The van der Waals surface area contributed by atoms with Crippen LogP contribution < -0.4 is 0 Å². The number of rotatable bonds is 4. The molecule has 140 valence electrons. The monoisotopic (exact) mass is 375 g/mol. The van der Waals surface area contributed by atoms with Crippen molar-refractivity contribution in [3.05, 3.63) is 23.6 Å². The maximum atomic E-state index is 12.0. The van der Waals surface area contributed by atoms with Gasteiger partial charge < -0.3 is 14.2 Å². The van der Waals surface area contributed by atoms with E-state index in [9.17, 15) is 4.79 Å². The summed E-state index contributed by atoms with van der Waals surface area (Å²) in [6.07, 6.45) is 5.45. The summed E-state index contributed by atoms with van der Waals surface area (Å²) in [7, 11) is 3.59. The van der Waals surface area contributed by atoms with Crippen molar-refractivity contribution in [3.8, 4) is 10.7 Å². The average molecular weight is 375 g/mol. The number of hydrogen-bond donors (Lipinski definition) is 0. The van der Waals surface area contributed by atoms with Crippen molar-refractivity contribution in [2.75, 3.05) is 33.8 Å². The summed E-state index contributed by atoms with van der Waals surface area (Å²) in [6.45, 7) is 4.53. The van der Waals surface area contributed by atoms with E-state index < -0.39 is 0 Å². The lowest BCUT2D eigenvalue weighted by molar-refractivity contribution is -0.134. The highest BCUT2D eigenvalue weighted by Crippen LogP contribution is 2.35. The number of ether oxygens (including phenoxy) is 1. The molecule has 2 aliphatic rings. The molecule has 0 saturated carbocycles. The van der Waals surface area contributed by atoms with Crippen LogP contribution in [0.5, 0.6) is 0 Å². The highest BCUT2D eigenvalue weighted by atomic mass is 32.1. The Morgan fingerprint density at radius 3 is 2.92 bits per heavy atom. The lowest BCUT2D eigenvalue weighted by Crippen LogP contribution is -2.47. The van der Waals surface area contributed by atoms with Gasteiger partial charge in [0.25, 0.3) is 0 Å². The van der Waals surface area contributed by atoms with Gasteiger partial charge in [-0.3, -0.25) is 9.69 Å². The summed E-state index contributed by atoms with van der Waals surface area (Å²) in [5.74, 6) is 1.14. The van der Waals surface area contributed by atoms with Gasteiger partial charge in [0.1, 0.15) is 0 Å². The molecule has 8 heteroatoms. The number of carbonyl (C=O) groups excluding carboxylic acids is 1. The summed E-state index contributed by atoms with van der Waals surface area (Å²) in [5.41, 5.74) is 2.91. The minimum Gasteiger partial charge on any atom is -0.375 e. The van der Waals surface area contributed by atoms with E-state index in [0.29, 0.717) is 25.1 Å². The van der Waals surface area contributed by atoms with Crippen LogP contribution in [0.25, 0.3) is 10.7 Å². The number of amides is 1. The maximum absolute atomic E-state index is 12.0. The van der Waals surface area contributed by atoms with Crippen molar-refractivity contribution < 1.29 is 9.53 Å². The van der Waals surface area contributed by atoms with Crippen LogP contribution in [0.3, 0.4) is 0 Å². The topological polar surface area (TPSA) is 63.5 Å². The molecule has 2 aromatic rings. The summed E-state index contributed by atoms with van der Waals surface area (Å²) in [4.78, 5) is 26.2. The Morgan fingerprint density at radius 1 is 1.35 bits per heavy atom. The zero-order valence-electron chi connectivity index (χ0n) is 15.5. The fourth-order valence-corrected chi connectivity index (χ4v) is 4.72. The SMILES string of the molecule is Cc1ncsc1-c1nccn1[C@@H]1C[C@H]2CO[C@@H](CC(=O)N(C)C)CN2C1. The quantitative estimate of drug-likeness (QED) is 0.816. The Balaban J connectivity index is 1.46. The normalized spacial score (nSPS) is 26.0. The third-order valence-electron chi connectivity index (χ3n) is 5.38. The third-order valence-corrected chi connectivity index (χ3v) is 6.30. The van der Waals surface area contributed by atoms with E-state index in [-0.39, 0.29) is 12.0 Å². The number of nitrogens with zero attached hydrogens (tertiary/aromatic N) is 5. The molecule has 0 spiro atoms. The predicted octanol–water partition coefficient (Wildman–Crippen LogP) is 1.81. The number of carbonyl (C=O) groups is 1. The van der Waals surface area contributed by atoms with Gasteiger partial charge in [0.15, 0.2) is 5.82 Å². The first-order valence-electron chi connectivity index (χ1n) is 9.02. The highest BCUT2D eigenvalue weighted by Gasteiger charge is 2.39.